The molecule has 0 aliphatic carbocycles. The zero-order valence-electron chi connectivity index (χ0n) is 11.6. The minimum absolute atomic E-state index is 0.0547. The lowest BCUT2D eigenvalue weighted by molar-refractivity contribution is 0.582. The summed E-state index contributed by atoms with van der Waals surface area (Å²) in [6.07, 6.45) is 0. The highest BCUT2D eigenvalue weighted by Crippen LogP contribution is 2.23. The van der Waals surface area contributed by atoms with Crippen molar-refractivity contribution >= 4 is 5.69 Å². The van der Waals surface area contributed by atoms with E-state index in [-0.39, 0.29) is 5.69 Å². The van der Waals surface area contributed by atoms with Gasteiger partial charge < -0.3 is 9.88 Å². The Kier molecular flexibility index (Phi) is 3.60. The van der Waals surface area contributed by atoms with E-state index in [1.165, 1.54) is 12.1 Å². The molecule has 4 heteroatoms. The Morgan fingerprint density at radius 2 is 1.84 bits per heavy atom. The molecule has 1 heterocycles. The summed E-state index contributed by atoms with van der Waals surface area (Å²) in [5, 5.41) is 2.86. The van der Waals surface area contributed by atoms with Crippen LogP contribution in [0.1, 0.15) is 22.5 Å². The van der Waals surface area contributed by atoms with E-state index in [2.05, 4.69) is 9.88 Å². The molecule has 0 fully saturated rings. The zero-order valence-corrected chi connectivity index (χ0v) is 11.6. The quantitative estimate of drug-likeness (QED) is 0.891. The lowest BCUT2D eigenvalue weighted by Crippen LogP contribution is -2.06. The topological polar surface area (TPSA) is 17.0 Å². The number of aromatic nitrogens is 1. The summed E-state index contributed by atoms with van der Waals surface area (Å²) in [4.78, 5) is 0. The minimum atomic E-state index is -0.562. The van der Waals surface area contributed by atoms with Gasteiger partial charge in [0.2, 0.25) is 0 Å². The molecule has 0 saturated heterocycles. The lowest BCUT2D eigenvalue weighted by Gasteiger charge is -2.10. The molecule has 1 aromatic carbocycles. The Balaban J connectivity index is 2.24. The maximum absolute atomic E-state index is 13.8. The molecular formula is C15H18F2N2. The van der Waals surface area contributed by atoms with Crippen LogP contribution in [0.4, 0.5) is 14.5 Å². The van der Waals surface area contributed by atoms with Crippen molar-refractivity contribution < 1.29 is 8.78 Å². The van der Waals surface area contributed by atoms with Crippen molar-refractivity contribution in [3.8, 4) is 0 Å². The van der Waals surface area contributed by atoms with Gasteiger partial charge in [0.15, 0.2) is 5.82 Å². The van der Waals surface area contributed by atoms with Crippen LogP contribution < -0.4 is 5.32 Å². The molecule has 0 amide bonds. The molecule has 1 aromatic heterocycles. The van der Waals surface area contributed by atoms with Gasteiger partial charge in [-0.05, 0) is 44.0 Å². The molecule has 102 valence electrons. The Morgan fingerprint density at radius 3 is 2.42 bits per heavy atom. The monoisotopic (exact) mass is 264 g/mol. The number of rotatable bonds is 3. The van der Waals surface area contributed by atoms with Crippen LogP contribution in [0.15, 0.2) is 18.2 Å². The summed E-state index contributed by atoms with van der Waals surface area (Å²) in [5.74, 6) is -1.08. The van der Waals surface area contributed by atoms with E-state index >= 15 is 0 Å². The Bertz CT molecular complexity index is 615. The number of halogens is 2. The highest BCUT2D eigenvalue weighted by molar-refractivity contribution is 5.49. The third kappa shape index (κ3) is 2.48. The molecule has 2 rings (SSSR count). The van der Waals surface area contributed by atoms with Crippen molar-refractivity contribution in [2.45, 2.75) is 27.3 Å². The van der Waals surface area contributed by atoms with Crippen molar-refractivity contribution in [1.82, 2.24) is 4.57 Å². The van der Waals surface area contributed by atoms with E-state index in [1.54, 1.807) is 6.92 Å². The normalized spacial score (nSPS) is 10.8. The van der Waals surface area contributed by atoms with Gasteiger partial charge in [0, 0.05) is 25.0 Å². The number of hydrogen-bond acceptors (Lipinski definition) is 1. The summed E-state index contributed by atoms with van der Waals surface area (Å²) in [7, 11) is 1.97. The lowest BCUT2D eigenvalue weighted by atomic mass is 10.2. The van der Waals surface area contributed by atoms with Crippen LogP contribution in [0.5, 0.6) is 0 Å². The average Bonchev–Trinajstić information content (AvgIpc) is 2.62. The predicted octanol–water partition coefficient (Wildman–Crippen LogP) is 3.84. The van der Waals surface area contributed by atoms with E-state index in [4.69, 9.17) is 0 Å². The van der Waals surface area contributed by atoms with Crippen molar-refractivity contribution in [1.29, 1.82) is 0 Å². The number of hydrogen-bond donors (Lipinski definition) is 1. The second-order valence-electron chi connectivity index (χ2n) is 4.86. The largest absolute Gasteiger partial charge is 0.376 e. The van der Waals surface area contributed by atoms with Crippen molar-refractivity contribution in [3.63, 3.8) is 0 Å². The van der Waals surface area contributed by atoms with E-state index in [9.17, 15) is 8.78 Å². The van der Waals surface area contributed by atoms with Crippen LogP contribution in [0.25, 0.3) is 0 Å². The molecule has 1 N–H and O–H groups in total. The average molecular weight is 264 g/mol. The van der Waals surface area contributed by atoms with E-state index < -0.39 is 11.6 Å². The maximum atomic E-state index is 13.8. The second-order valence-corrected chi connectivity index (χ2v) is 4.86. The van der Waals surface area contributed by atoms with Crippen molar-refractivity contribution in [2.75, 3.05) is 5.32 Å². The fraction of sp³-hybridized carbons (Fsp3) is 0.333. The van der Waals surface area contributed by atoms with Gasteiger partial charge in [0.25, 0.3) is 0 Å². The fourth-order valence-corrected chi connectivity index (χ4v) is 2.11. The first-order chi connectivity index (χ1) is 8.91. The number of benzene rings is 1. The molecule has 0 saturated carbocycles. The summed E-state index contributed by atoms with van der Waals surface area (Å²) in [6, 6.07) is 4.74. The second kappa shape index (κ2) is 5.03. The number of nitrogens with zero attached hydrogens (tertiary/aromatic N) is 1. The van der Waals surface area contributed by atoms with E-state index in [1.807, 2.05) is 27.0 Å². The van der Waals surface area contributed by atoms with Crippen molar-refractivity contribution in [3.05, 3.63) is 52.3 Å². The van der Waals surface area contributed by atoms with Crippen LogP contribution in [-0.2, 0) is 13.6 Å². The molecule has 19 heavy (non-hydrogen) atoms. The highest BCUT2D eigenvalue weighted by atomic mass is 19.1. The third-order valence-electron chi connectivity index (χ3n) is 3.62. The molecule has 0 bridgehead atoms. The molecule has 2 nitrogen and oxygen atoms in total. The van der Waals surface area contributed by atoms with Gasteiger partial charge in [-0.15, -0.1) is 0 Å². The van der Waals surface area contributed by atoms with Gasteiger partial charge >= 0.3 is 0 Å². The number of nitrogens with one attached hydrogen (secondary N) is 1. The maximum Gasteiger partial charge on any atom is 0.152 e. The van der Waals surface area contributed by atoms with Crippen LogP contribution in [0.2, 0.25) is 0 Å². The molecule has 0 atom stereocenters. The fourth-order valence-electron chi connectivity index (χ4n) is 2.11. The Labute approximate surface area is 112 Å². The van der Waals surface area contributed by atoms with Gasteiger partial charge in [-0.3, -0.25) is 0 Å². The van der Waals surface area contributed by atoms with Gasteiger partial charge in [-0.1, -0.05) is 6.07 Å². The van der Waals surface area contributed by atoms with Crippen LogP contribution in [0, 0.1) is 32.4 Å². The van der Waals surface area contributed by atoms with Gasteiger partial charge in [0.1, 0.15) is 11.5 Å². The number of anilines is 1. The van der Waals surface area contributed by atoms with E-state index in [0.29, 0.717) is 12.1 Å². The molecule has 0 spiro atoms. The third-order valence-corrected chi connectivity index (χ3v) is 3.62. The van der Waals surface area contributed by atoms with Gasteiger partial charge in [-0.2, -0.15) is 0 Å². The van der Waals surface area contributed by atoms with Crippen LogP contribution in [-0.4, -0.2) is 4.57 Å². The van der Waals surface area contributed by atoms with Crippen LogP contribution in [0.3, 0.4) is 0 Å². The molecular weight excluding hydrogens is 246 g/mol. The molecule has 0 aliphatic heterocycles. The highest BCUT2D eigenvalue weighted by Gasteiger charge is 2.12. The first-order valence-electron chi connectivity index (χ1n) is 6.22. The Morgan fingerprint density at radius 1 is 1.16 bits per heavy atom. The van der Waals surface area contributed by atoms with Crippen molar-refractivity contribution in [2.24, 2.45) is 7.05 Å². The van der Waals surface area contributed by atoms with E-state index in [0.717, 1.165) is 17.0 Å². The van der Waals surface area contributed by atoms with Crippen LogP contribution >= 0.6 is 0 Å². The summed E-state index contributed by atoms with van der Waals surface area (Å²) in [6.45, 7) is 6.03. The SMILES string of the molecule is Cc1ccc(F)c(NCc2cc(C)n(C)c2C)c1F. The predicted molar refractivity (Wildman–Crippen MR) is 73.3 cm³/mol. The Hall–Kier alpha value is -1.84. The van der Waals surface area contributed by atoms with Gasteiger partial charge in [-0.25, -0.2) is 8.78 Å². The molecule has 0 radical (unpaired) electrons. The summed E-state index contributed by atoms with van der Waals surface area (Å²) < 4.78 is 29.5. The smallest absolute Gasteiger partial charge is 0.152 e. The first-order valence-corrected chi connectivity index (χ1v) is 6.22. The summed E-state index contributed by atoms with van der Waals surface area (Å²) in [5.41, 5.74) is 3.64. The molecule has 0 aliphatic rings. The number of aryl methyl sites for hydroxylation is 2. The zero-order chi connectivity index (χ0) is 14.2. The van der Waals surface area contributed by atoms with Gasteiger partial charge in [0.05, 0.1) is 0 Å². The summed E-state index contributed by atoms with van der Waals surface area (Å²) >= 11 is 0. The standard InChI is InChI=1S/C15H18F2N2/c1-9-5-6-13(16)15(14(9)17)18-8-12-7-10(2)19(4)11(12)3/h5-7,18H,8H2,1-4H3. The molecule has 0 unspecified atom stereocenters. The first kappa shape index (κ1) is 13.6. The molecule has 2 aromatic rings. The minimum Gasteiger partial charge on any atom is -0.376 e.